The lowest BCUT2D eigenvalue weighted by molar-refractivity contribution is -0.166. The maximum Gasteiger partial charge on any atom is 0.397 e. The van der Waals surface area contributed by atoms with Crippen molar-refractivity contribution in [2.75, 3.05) is 20.2 Å². The largest absolute Gasteiger partial charge is 0.508 e. The summed E-state index contributed by atoms with van der Waals surface area (Å²) in [5.74, 6) is -9.72. The van der Waals surface area contributed by atoms with Crippen molar-refractivity contribution in [2.24, 2.45) is 34.2 Å². The number of hydrogen-bond acceptors (Lipinski definition) is 16. The van der Waals surface area contributed by atoms with Crippen molar-refractivity contribution in [1.29, 1.82) is 0 Å². The Balaban J connectivity index is 2.24. The number of phenolic OH excluding ortho intramolecular Hbond substituents is 1. The molecule has 2 fully saturated rings. The number of fused-ring (bicyclic) bond motifs is 2. The number of aromatic hydroxyl groups is 1. The number of carbonyl (C=O) groups excluding carboxylic acids is 8. The molecule has 27 heteroatoms. The molecule has 1 unspecified atom stereocenters. The Morgan fingerprint density at radius 2 is 1.54 bits per heavy atom. The van der Waals surface area contributed by atoms with E-state index in [1.54, 1.807) is 41.5 Å². The van der Waals surface area contributed by atoms with Crippen molar-refractivity contribution in [3.63, 3.8) is 0 Å². The Bertz CT molecular complexity index is 2230. The molecule has 2 heterocycles. The average molecular weight is 1040 g/mol. The zero-order valence-electron chi connectivity index (χ0n) is 41.8. The Hall–Kier alpha value is -6.16. The second-order valence-electron chi connectivity index (χ2n) is 19.1. The van der Waals surface area contributed by atoms with Crippen LogP contribution in [0.15, 0.2) is 29.3 Å². The van der Waals surface area contributed by atoms with Crippen LogP contribution in [0.25, 0.3) is 0 Å². The molecular formula is C45H72N10O16S. The molecule has 404 valence electrons. The highest BCUT2D eigenvalue weighted by Gasteiger charge is 2.46. The van der Waals surface area contributed by atoms with Gasteiger partial charge in [0, 0.05) is 20.0 Å². The van der Waals surface area contributed by atoms with Crippen molar-refractivity contribution in [3.05, 3.63) is 29.8 Å². The average Bonchev–Trinajstić information content (AvgIpc) is 3.28. The van der Waals surface area contributed by atoms with Crippen LogP contribution in [0.2, 0.25) is 0 Å². The van der Waals surface area contributed by atoms with Gasteiger partial charge in [-0.1, -0.05) is 53.7 Å². The van der Waals surface area contributed by atoms with E-state index in [2.05, 4.69) is 35.8 Å². The molecular weight excluding hydrogens is 969 g/mol. The topological polar surface area (TPSA) is 401 Å². The lowest BCUT2D eigenvalue weighted by Gasteiger charge is -2.43. The third-order valence-electron chi connectivity index (χ3n) is 11.9. The van der Waals surface area contributed by atoms with E-state index in [1.165, 1.54) is 38.2 Å². The van der Waals surface area contributed by atoms with Gasteiger partial charge in [-0.25, -0.2) is 8.98 Å². The zero-order chi connectivity index (χ0) is 54.4. The predicted octanol–water partition coefficient (Wildman–Crippen LogP) is -2.58. The fourth-order valence-electron chi connectivity index (χ4n) is 8.05. The number of ether oxygens (including phenoxy) is 1. The maximum atomic E-state index is 14.8. The van der Waals surface area contributed by atoms with Crippen LogP contribution in [0.4, 0.5) is 0 Å². The number of likely N-dealkylation sites (N-methyl/N-ethyl adjacent to an activating group) is 1. The van der Waals surface area contributed by atoms with Gasteiger partial charge in [-0.15, -0.1) is 0 Å². The van der Waals surface area contributed by atoms with Gasteiger partial charge in [0.15, 0.2) is 12.1 Å². The van der Waals surface area contributed by atoms with E-state index in [9.17, 15) is 62.1 Å². The number of phenols is 1. The highest BCUT2D eigenvalue weighted by Crippen LogP contribution is 2.27. The monoisotopic (exact) mass is 1040 g/mol. The van der Waals surface area contributed by atoms with Gasteiger partial charge in [0.1, 0.15) is 67.0 Å². The number of piperidine rings is 1. The third-order valence-corrected chi connectivity index (χ3v) is 12.3. The molecule has 2 bridgehead atoms. The smallest absolute Gasteiger partial charge is 0.397 e. The van der Waals surface area contributed by atoms with Crippen molar-refractivity contribution < 1.29 is 75.6 Å². The normalized spacial score (nSPS) is 25.0. The van der Waals surface area contributed by atoms with Crippen LogP contribution in [0.5, 0.6) is 5.75 Å². The number of aliphatic hydroxyl groups is 2. The Labute approximate surface area is 418 Å². The molecule has 72 heavy (non-hydrogen) atoms. The second kappa shape index (κ2) is 27.0. The van der Waals surface area contributed by atoms with E-state index in [4.69, 9.17) is 20.8 Å². The van der Waals surface area contributed by atoms with Crippen LogP contribution < -0.4 is 38.1 Å². The molecule has 2 aliphatic rings. The Morgan fingerprint density at radius 1 is 0.903 bits per heavy atom. The predicted molar refractivity (Wildman–Crippen MR) is 257 cm³/mol. The lowest BCUT2D eigenvalue weighted by atomic mass is 9.94. The van der Waals surface area contributed by atoms with Gasteiger partial charge < -0.3 is 67.9 Å². The molecule has 10 atom stereocenters. The Morgan fingerprint density at radius 3 is 2.11 bits per heavy atom. The van der Waals surface area contributed by atoms with Crippen LogP contribution in [0.1, 0.15) is 92.6 Å². The molecule has 2 saturated heterocycles. The summed E-state index contributed by atoms with van der Waals surface area (Å²) in [5, 5.41) is 44.2. The summed E-state index contributed by atoms with van der Waals surface area (Å²) in [7, 11) is -3.75. The van der Waals surface area contributed by atoms with Crippen LogP contribution in [-0.2, 0) is 64.1 Å². The number of nitrogens with two attached hydrogens (primary N) is 2. The number of cyclic esters (lactones) is 1. The van der Waals surface area contributed by atoms with Gasteiger partial charge in [-0.2, -0.15) is 8.42 Å². The lowest BCUT2D eigenvalue weighted by Crippen LogP contribution is -2.65. The van der Waals surface area contributed by atoms with Gasteiger partial charge in [0.2, 0.25) is 35.4 Å². The maximum absolute atomic E-state index is 14.8. The fraction of sp³-hybridized carbons (Fsp3) is 0.667. The summed E-state index contributed by atoms with van der Waals surface area (Å²) in [4.78, 5) is 120. The number of guanidine groups is 1. The summed E-state index contributed by atoms with van der Waals surface area (Å²) < 4.78 is 41.0. The van der Waals surface area contributed by atoms with E-state index < -0.39 is 131 Å². The van der Waals surface area contributed by atoms with Crippen molar-refractivity contribution >= 4 is 63.7 Å². The van der Waals surface area contributed by atoms with E-state index in [-0.39, 0.29) is 75.0 Å². The molecule has 0 aliphatic carbocycles. The number of rotatable bonds is 18. The molecule has 3 rings (SSSR count). The molecule has 0 spiro atoms. The highest BCUT2D eigenvalue weighted by molar-refractivity contribution is 7.80. The first-order chi connectivity index (χ1) is 33.5. The van der Waals surface area contributed by atoms with Crippen molar-refractivity contribution in [2.45, 2.75) is 154 Å². The first kappa shape index (κ1) is 60.1. The number of amides is 7. The van der Waals surface area contributed by atoms with E-state index in [0.29, 0.717) is 5.56 Å². The van der Waals surface area contributed by atoms with Crippen LogP contribution >= 0.6 is 0 Å². The number of aliphatic imine (C=N–C) groups is 1. The number of esters is 1. The SMILES string of the molecule is CC(C)C[C@@H](NC(=O)[C@H](O)COS(=O)(=O)O)C(=O)N[C@@H]1C(=O)N[C@@H](CCCN=C(N)N)C(=O)N[C@H]2CC[C@@H](O)N(C2=O)[C@@H](CC(C)C)C(=O)N(C)[C@@H](Cc2ccc(O)cc2)C(=O)NC(C(C)C)C(=O)O[C@@H]1C. The molecule has 2 aliphatic heterocycles. The number of benzene rings is 1. The minimum atomic E-state index is -5.08. The highest BCUT2D eigenvalue weighted by atomic mass is 32.3. The summed E-state index contributed by atoms with van der Waals surface area (Å²) in [6.45, 7) is 10.00. The van der Waals surface area contributed by atoms with E-state index in [1.807, 2.05) is 0 Å². The van der Waals surface area contributed by atoms with E-state index in [0.717, 1.165) is 9.80 Å². The summed E-state index contributed by atoms with van der Waals surface area (Å²) in [5.41, 5.74) is 11.5. The fourth-order valence-corrected chi connectivity index (χ4v) is 8.36. The van der Waals surface area contributed by atoms with Gasteiger partial charge in [-0.05, 0) is 80.9 Å². The molecule has 0 saturated carbocycles. The zero-order valence-corrected chi connectivity index (χ0v) is 42.6. The number of nitrogens with zero attached hydrogens (tertiary/aromatic N) is 3. The third kappa shape index (κ3) is 18.2. The molecule has 1 aromatic rings. The van der Waals surface area contributed by atoms with Gasteiger partial charge >= 0.3 is 16.4 Å². The number of hydrogen-bond donors (Lipinski definition) is 11. The minimum absolute atomic E-state index is 0.000346. The van der Waals surface area contributed by atoms with E-state index >= 15 is 0 Å². The van der Waals surface area contributed by atoms with Crippen LogP contribution in [0.3, 0.4) is 0 Å². The summed E-state index contributed by atoms with van der Waals surface area (Å²) >= 11 is 0. The molecule has 0 aromatic heterocycles. The summed E-state index contributed by atoms with van der Waals surface area (Å²) in [6, 6.07) is -4.81. The molecule has 13 N–H and O–H groups in total. The Kier molecular flexibility index (Phi) is 22.6. The van der Waals surface area contributed by atoms with Gasteiger partial charge in [-0.3, -0.25) is 43.1 Å². The van der Waals surface area contributed by atoms with Crippen LogP contribution in [-0.4, -0.2) is 172 Å². The number of aliphatic hydroxyl groups excluding tert-OH is 2. The quantitative estimate of drug-likeness (QED) is 0.0236. The first-order valence-corrected chi connectivity index (χ1v) is 25.0. The van der Waals surface area contributed by atoms with Crippen LogP contribution in [0, 0.1) is 17.8 Å². The number of nitrogens with one attached hydrogen (secondary N) is 5. The molecule has 1 aromatic carbocycles. The second-order valence-corrected chi connectivity index (χ2v) is 20.2. The number of carbonyl (C=O) groups is 8. The minimum Gasteiger partial charge on any atom is -0.508 e. The van der Waals surface area contributed by atoms with Gasteiger partial charge in [0.25, 0.3) is 5.91 Å². The molecule has 26 nitrogen and oxygen atoms in total. The van der Waals surface area contributed by atoms with Crippen molar-refractivity contribution in [1.82, 2.24) is 36.4 Å². The molecule has 7 amide bonds. The van der Waals surface area contributed by atoms with Gasteiger partial charge in [0.05, 0.1) is 0 Å². The molecule has 0 radical (unpaired) electrons. The van der Waals surface area contributed by atoms with Crippen molar-refractivity contribution in [3.8, 4) is 5.75 Å². The summed E-state index contributed by atoms with van der Waals surface area (Å²) in [6.07, 6.45) is -6.03. The first-order valence-electron chi connectivity index (χ1n) is 23.6. The standard InChI is InChI=1S/C45H72N10O16S/c1-22(2)18-30(51-40(62)33(57)21-70-72(67,68)69)38(60)53-36-25(7)71-44(66)35(24(5)6)52-39(61)31(20-26-11-13-27(56)14-12-26)54(8)43(65)32(19-23(3)4)55-34(58)16-15-29(42(55)64)50-37(59)28(49-41(36)63)10-9-17-48-45(46)47/h11-14,22-25,28-36,56-58H,9-10,15-21H2,1-8H3,(H,49,63)(H,50,59)(H,51,62)(H,52,61)(H,53,60)(H4,46,47,48)(H,67,68,69)/t25-,28+,29+,30-,31+,32+,33-,34-,35?,36+/m1/s1.